The van der Waals surface area contributed by atoms with Gasteiger partial charge in [0.2, 0.25) is 0 Å². The molecule has 3 nitrogen and oxygen atoms in total. The van der Waals surface area contributed by atoms with Crippen LogP contribution >= 0.6 is 0 Å². The van der Waals surface area contributed by atoms with E-state index in [0.29, 0.717) is 6.61 Å². The number of rotatable bonds is 6. The van der Waals surface area contributed by atoms with Crippen LogP contribution in [0.2, 0.25) is 0 Å². The van der Waals surface area contributed by atoms with Crippen molar-refractivity contribution in [3.8, 4) is 5.75 Å². The molecule has 0 spiro atoms. The molecule has 20 heavy (non-hydrogen) atoms. The fourth-order valence-electron chi connectivity index (χ4n) is 1.99. The number of pyridine rings is 1. The Morgan fingerprint density at radius 1 is 1.15 bits per heavy atom. The molecule has 1 aliphatic rings. The van der Waals surface area contributed by atoms with Crippen molar-refractivity contribution in [1.29, 1.82) is 0 Å². The molecule has 0 aliphatic heterocycles. The monoisotopic (exact) mass is 268 g/mol. The highest BCUT2D eigenvalue weighted by molar-refractivity contribution is 5.26. The molecule has 0 atom stereocenters. The Labute approximate surface area is 120 Å². The number of hydrogen-bond acceptors (Lipinski definition) is 3. The molecule has 1 aromatic heterocycles. The lowest BCUT2D eigenvalue weighted by Crippen LogP contribution is -2.15. The predicted octanol–water partition coefficient (Wildman–Crippen LogP) is 3.22. The summed E-state index contributed by atoms with van der Waals surface area (Å²) in [6.45, 7) is 3.50. The Bertz CT molecular complexity index is 544. The molecule has 3 rings (SSSR count). The van der Waals surface area contributed by atoms with Crippen LogP contribution in [0.3, 0.4) is 0 Å². The van der Waals surface area contributed by atoms with E-state index in [1.807, 2.05) is 24.4 Å². The maximum Gasteiger partial charge on any atom is 0.130 e. The van der Waals surface area contributed by atoms with Gasteiger partial charge in [0.15, 0.2) is 0 Å². The molecule has 1 aliphatic carbocycles. The molecule has 0 saturated heterocycles. The number of aryl methyl sites for hydroxylation is 1. The van der Waals surface area contributed by atoms with Gasteiger partial charge in [-0.05, 0) is 43.5 Å². The molecule has 1 aromatic carbocycles. The van der Waals surface area contributed by atoms with Crippen LogP contribution in [0, 0.1) is 6.92 Å². The van der Waals surface area contributed by atoms with Gasteiger partial charge in [-0.15, -0.1) is 0 Å². The third-order valence-corrected chi connectivity index (χ3v) is 3.47. The first-order valence-electron chi connectivity index (χ1n) is 7.16. The van der Waals surface area contributed by atoms with Crippen LogP contribution in [0.4, 0.5) is 0 Å². The zero-order valence-corrected chi connectivity index (χ0v) is 11.8. The van der Waals surface area contributed by atoms with Gasteiger partial charge in [0.05, 0.1) is 5.69 Å². The van der Waals surface area contributed by atoms with E-state index >= 15 is 0 Å². The number of aromatic nitrogens is 1. The Morgan fingerprint density at radius 2 is 1.95 bits per heavy atom. The van der Waals surface area contributed by atoms with Gasteiger partial charge < -0.3 is 10.1 Å². The first-order valence-corrected chi connectivity index (χ1v) is 7.16. The van der Waals surface area contributed by atoms with Gasteiger partial charge in [0.25, 0.3) is 0 Å². The highest BCUT2D eigenvalue weighted by Crippen LogP contribution is 2.19. The van der Waals surface area contributed by atoms with Crippen LogP contribution in [0.15, 0.2) is 42.6 Å². The quantitative estimate of drug-likeness (QED) is 0.873. The van der Waals surface area contributed by atoms with E-state index in [2.05, 4.69) is 35.4 Å². The van der Waals surface area contributed by atoms with Crippen molar-refractivity contribution in [3.63, 3.8) is 0 Å². The summed E-state index contributed by atoms with van der Waals surface area (Å²) < 4.78 is 5.72. The van der Waals surface area contributed by atoms with E-state index in [1.54, 1.807) is 0 Å². The zero-order valence-electron chi connectivity index (χ0n) is 11.8. The summed E-state index contributed by atoms with van der Waals surface area (Å²) in [6.07, 6.45) is 4.56. The number of benzene rings is 1. The normalized spacial score (nSPS) is 14.2. The largest absolute Gasteiger partial charge is 0.487 e. The second-order valence-corrected chi connectivity index (χ2v) is 5.41. The van der Waals surface area contributed by atoms with Gasteiger partial charge in [0, 0.05) is 18.8 Å². The van der Waals surface area contributed by atoms with Crippen LogP contribution in [0.25, 0.3) is 0 Å². The SMILES string of the molecule is Cc1ccc(OCc2ccc(CNC3CC3)cn2)cc1. The number of nitrogens with zero attached hydrogens (tertiary/aromatic N) is 1. The van der Waals surface area contributed by atoms with Crippen molar-refractivity contribution >= 4 is 0 Å². The zero-order chi connectivity index (χ0) is 13.8. The molecule has 104 valence electrons. The number of hydrogen-bond donors (Lipinski definition) is 1. The minimum atomic E-state index is 0.513. The molecule has 1 saturated carbocycles. The van der Waals surface area contributed by atoms with Gasteiger partial charge in [0.1, 0.15) is 12.4 Å². The second kappa shape index (κ2) is 6.06. The Hall–Kier alpha value is -1.87. The van der Waals surface area contributed by atoms with Crippen molar-refractivity contribution in [2.75, 3.05) is 0 Å². The van der Waals surface area contributed by atoms with E-state index in [9.17, 15) is 0 Å². The average Bonchev–Trinajstić information content (AvgIpc) is 3.30. The smallest absolute Gasteiger partial charge is 0.130 e. The summed E-state index contributed by atoms with van der Waals surface area (Å²) in [4.78, 5) is 4.44. The highest BCUT2D eigenvalue weighted by atomic mass is 16.5. The summed E-state index contributed by atoms with van der Waals surface area (Å²) in [6, 6.07) is 13.0. The Kier molecular flexibility index (Phi) is 3.97. The summed E-state index contributed by atoms with van der Waals surface area (Å²) in [5.74, 6) is 0.886. The maximum absolute atomic E-state index is 5.72. The molecule has 0 unspecified atom stereocenters. The molecule has 0 bridgehead atoms. The third kappa shape index (κ3) is 3.81. The number of nitrogens with one attached hydrogen (secondary N) is 1. The number of ether oxygens (including phenoxy) is 1. The van der Waals surface area contributed by atoms with E-state index in [-0.39, 0.29) is 0 Å². The first-order chi connectivity index (χ1) is 9.79. The van der Waals surface area contributed by atoms with Crippen LogP contribution in [0.1, 0.15) is 29.7 Å². The van der Waals surface area contributed by atoms with Gasteiger partial charge >= 0.3 is 0 Å². The van der Waals surface area contributed by atoms with Crippen LogP contribution in [-0.4, -0.2) is 11.0 Å². The third-order valence-electron chi connectivity index (χ3n) is 3.47. The summed E-state index contributed by atoms with van der Waals surface area (Å²) in [7, 11) is 0. The van der Waals surface area contributed by atoms with Crippen molar-refractivity contribution in [3.05, 3.63) is 59.4 Å². The molecule has 0 amide bonds. The molecule has 3 heteroatoms. The van der Waals surface area contributed by atoms with Gasteiger partial charge in [-0.2, -0.15) is 0 Å². The van der Waals surface area contributed by atoms with Gasteiger partial charge in [-0.25, -0.2) is 0 Å². The highest BCUT2D eigenvalue weighted by Gasteiger charge is 2.19. The van der Waals surface area contributed by atoms with Crippen molar-refractivity contribution in [1.82, 2.24) is 10.3 Å². The summed E-state index contributed by atoms with van der Waals surface area (Å²) in [5.41, 5.74) is 3.43. The molecule has 1 fully saturated rings. The molecule has 0 radical (unpaired) electrons. The molecule has 1 N–H and O–H groups in total. The van der Waals surface area contributed by atoms with E-state index in [1.165, 1.54) is 24.0 Å². The fraction of sp³-hybridized carbons (Fsp3) is 0.353. The molecule has 2 aromatic rings. The Balaban J connectivity index is 1.50. The minimum absolute atomic E-state index is 0.513. The first kappa shape index (κ1) is 13.1. The summed E-state index contributed by atoms with van der Waals surface area (Å²) in [5, 5.41) is 3.48. The maximum atomic E-state index is 5.72. The topological polar surface area (TPSA) is 34.1 Å². The molecule has 1 heterocycles. The lowest BCUT2D eigenvalue weighted by Gasteiger charge is -2.07. The predicted molar refractivity (Wildman–Crippen MR) is 79.6 cm³/mol. The van der Waals surface area contributed by atoms with E-state index < -0.39 is 0 Å². The van der Waals surface area contributed by atoms with E-state index in [4.69, 9.17) is 4.74 Å². The molecular weight excluding hydrogens is 248 g/mol. The lowest BCUT2D eigenvalue weighted by molar-refractivity contribution is 0.301. The average molecular weight is 268 g/mol. The second-order valence-electron chi connectivity index (χ2n) is 5.41. The van der Waals surface area contributed by atoms with E-state index in [0.717, 1.165) is 24.0 Å². The van der Waals surface area contributed by atoms with Crippen LogP contribution in [0.5, 0.6) is 5.75 Å². The Morgan fingerprint density at radius 3 is 2.60 bits per heavy atom. The van der Waals surface area contributed by atoms with Gasteiger partial charge in [-0.1, -0.05) is 23.8 Å². The fourth-order valence-corrected chi connectivity index (χ4v) is 1.99. The van der Waals surface area contributed by atoms with Crippen molar-refractivity contribution < 1.29 is 4.74 Å². The molecular formula is C17H20N2O. The standard InChI is InChI=1S/C17H20N2O/c1-13-2-8-17(9-3-13)20-12-16-5-4-14(11-19-16)10-18-15-6-7-15/h2-5,8-9,11,15,18H,6-7,10,12H2,1H3. The van der Waals surface area contributed by atoms with Crippen molar-refractivity contribution in [2.45, 2.75) is 39.0 Å². The minimum Gasteiger partial charge on any atom is -0.487 e. The van der Waals surface area contributed by atoms with Crippen LogP contribution < -0.4 is 10.1 Å². The van der Waals surface area contributed by atoms with Crippen LogP contribution in [-0.2, 0) is 13.2 Å². The lowest BCUT2D eigenvalue weighted by atomic mass is 10.2. The van der Waals surface area contributed by atoms with Crippen molar-refractivity contribution in [2.24, 2.45) is 0 Å². The summed E-state index contributed by atoms with van der Waals surface area (Å²) >= 11 is 0. The van der Waals surface area contributed by atoms with Gasteiger partial charge in [-0.3, -0.25) is 4.98 Å².